The number of hydrogen-bond donors (Lipinski definition) is 0. The molecule has 0 unspecified atom stereocenters. The fourth-order valence-electron chi connectivity index (χ4n) is 2.95. The summed E-state index contributed by atoms with van der Waals surface area (Å²) in [5.74, 6) is -0.404. The highest BCUT2D eigenvalue weighted by Crippen LogP contribution is 2.25. The average Bonchev–Trinajstić information content (AvgIpc) is 2.63. The molecule has 0 aromatic heterocycles. The second kappa shape index (κ2) is 7.24. The molecule has 1 amide bonds. The Kier molecular flexibility index (Phi) is 5.05. The lowest BCUT2D eigenvalue weighted by Crippen LogP contribution is -2.49. The summed E-state index contributed by atoms with van der Waals surface area (Å²) in [6.45, 7) is 3.99. The normalized spacial score (nSPS) is 14.3. The first-order valence-electron chi connectivity index (χ1n) is 7.99. The molecule has 6 heteroatoms. The number of nitriles is 1. The van der Waals surface area contributed by atoms with Gasteiger partial charge in [0.15, 0.2) is 0 Å². The van der Waals surface area contributed by atoms with Crippen molar-refractivity contribution in [3.05, 3.63) is 63.4 Å². The number of halogens is 2. The molecule has 128 valence electrons. The van der Waals surface area contributed by atoms with Crippen LogP contribution in [0.5, 0.6) is 0 Å². The van der Waals surface area contributed by atoms with Gasteiger partial charge < -0.3 is 9.80 Å². The van der Waals surface area contributed by atoms with E-state index in [1.54, 1.807) is 30.0 Å². The SMILES string of the molecule is Cc1cc(N2CCN(C(=O)c3ccc(Br)cc3)CC2)c(F)cc1C#N. The van der Waals surface area contributed by atoms with Crippen LogP contribution in [-0.2, 0) is 0 Å². The number of amides is 1. The summed E-state index contributed by atoms with van der Waals surface area (Å²) >= 11 is 3.36. The third kappa shape index (κ3) is 3.67. The summed E-state index contributed by atoms with van der Waals surface area (Å²) < 4.78 is 15.2. The van der Waals surface area contributed by atoms with E-state index in [-0.39, 0.29) is 5.91 Å². The minimum Gasteiger partial charge on any atom is -0.366 e. The van der Waals surface area contributed by atoms with Gasteiger partial charge in [-0.25, -0.2) is 4.39 Å². The van der Waals surface area contributed by atoms with Crippen molar-refractivity contribution in [2.45, 2.75) is 6.92 Å². The van der Waals surface area contributed by atoms with Gasteiger partial charge in [0, 0.05) is 36.2 Å². The number of piperazine rings is 1. The topological polar surface area (TPSA) is 47.3 Å². The molecule has 0 radical (unpaired) electrons. The molecule has 0 N–H and O–H groups in total. The maximum Gasteiger partial charge on any atom is 0.253 e. The van der Waals surface area contributed by atoms with E-state index >= 15 is 0 Å². The first kappa shape index (κ1) is 17.4. The lowest BCUT2D eigenvalue weighted by molar-refractivity contribution is 0.0746. The van der Waals surface area contributed by atoms with Gasteiger partial charge in [0.2, 0.25) is 0 Å². The van der Waals surface area contributed by atoms with Crippen LogP contribution in [-0.4, -0.2) is 37.0 Å². The van der Waals surface area contributed by atoms with Crippen LogP contribution in [0, 0.1) is 24.1 Å². The minimum absolute atomic E-state index is 0.0105. The van der Waals surface area contributed by atoms with Crippen LogP contribution in [0.4, 0.5) is 10.1 Å². The van der Waals surface area contributed by atoms with Crippen molar-refractivity contribution < 1.29 is 9.18 Å². The molecule has 1 fully saturated rings. The minimum atomic E-state index is -0.394. The molecule has 1 saturated heterocycles. The summed E-state index contributed by atoms with van der Waals surface area (Å²) in [5.41, 5.74) is 2.25. The zero-order chi connectivity index (χ0) is 18.0. The summed E-state index contributed by atoms with van der Waals surface area (Å²) in [4.78, 5) is 16.3. The first-order valence-corrected chi connectivity index (χ1v) is 8.79. The number of nitrogens with zero attached hydrogens (tertiary/aromatic N) is 3. The van der Waals surface area contributed by atoms with Gasteiger partial charge in [0.05, 0.1) is 17.3 Å². The van der Waals surface area contributed by atoms with Gasteiger partial charge >= 0.3 is 0 Å². The van der Waals surface area contributed by atoms with E-state index < -0.39 is 5.82 Å². The van der Waals surface area contributed by atoms with Crippen molar-refractivity contribution in [2.75, 3.05) is 31.1 Å². The van der Waals surface area contributed by atoms with Crippen molar-refractivity contribution in [3.8, 4) is 6.07 Å². The number of hydrogen-bond acceptors (Lipinski definition) is 3. The largest absolute Gasteiger partial charge is 0.366 e. The Morgan fingerprint density at radius 3 is 2.40 bits per heavy atom. The third-order valence-electron chi connectivity index (χ3n) is 4.41. The quantitative estimate of drug-likeness (QED) is 0.769. The Labute approximate surface area is 154 Å². The highest BCUT2D eigenvalue weighted by molar-refractivity contribution is 9.10. The molecule has 0 aliphatic carbocycles. The van der Waals surface area contributed by atoms with Crippen LogP contribution in [0.25, 0.3) is 0 Å². The van der Waals surface area contributed by atoms with E-state index in [1.807, 2.05) is 23.1 Å². The van der Waals surface area contributed by atoms with Gasteiger partial charge in [-0.15, -0.1) is 0 Å². The van der Waals surface area contributed by atoms with Gasteiger partial charge in [0.1, 0.15) is 5.82 Å². The van der Waals surface area contributed by atoms with E-state index in [0.717, 1.165) is 10.0 Å². The summed E-state index contributed by atoms with van der Waals surface area (Å²) in [6, 6.07) is 12.3. The van der Waals surface area contributed by atoms with E-state index in [4.69, 9.17) is 5.26 Å². The summed E-state index contributed by atoms with van der Waals surface area (Å²) in [6.07, 6.45) is 0. The zero-order valence-electron chi connectivity index (χ0n) is 13.8. The molecule has 25 heavy (non-hydrogen) atoms. The van der Waals surface area contributed by atoms with Gasteiger partial charge in [-0.2, -0.15) is 5.26 Å². The predicted octanol–water partition coefficient (Wildman–Crippen LogP) is 3.73. The molecular weight excluding hydrogens is 385 g/mol. The molecule has 1 heterocycles. The van der Waals surface area contributed by atoms with Crippen LogP contribution in [0.1, 0.15) is 21.5 Å². The van der Waals surface area contributed by atoms with E-state index in [0.29, 0.717) is 43.0 Å². The second-order valence-corrected chi connectivity index (χ2v) is 6.93. The monoisotopic (exact) mass is 401 g/mol. The average molecular weight is 402 g/mol. The Morgan fingerprint density at radius 1 is 1.16 bits per heavy atom. The van der Waals surface area contributed by atoms with Gasteiger partial charge in [-0.3, -0.25) is 4.79 Å². The molecule has 1 aliphatic heterocycles. The lowest BCUT2D eigenvalue weighted by Gasteiger charge is -2.36. The number of anilines is 1. The second-order valence-electron chi connectivity index (χ2n) is 6.02. The maximum absolute atomic E-state index is 14.3. The van der Waals surface area contributed by atoms with Gasteiger partial charge in [0.25, 0.3) is 5.91 Å². The standard InChI is InChI=1S/C19H17BrFN3O/c1-13-10-18(17(21)11-15(13)12-22)23-6-8-24(9-7-23)19(25)14-2-4-16(20)5-3-14/h2-5,10-11H,6-9H2,1H3. The number of benzene rings is 2. The Hall–Kier alpha value is -2.39. The number of aryl methyl sites for hydroxylation is 1. The van der Waals surface area contributed by atoms with Crippen molar-refractivity contribution in [1.82, 2.24) is 4.90 Å². The molecule has 2 aromatic rings. The van der Waals surface area contributed by atoms with Gasteiger partial charge in [-0.05, 0) is 48.9 Å². The number of rotatable bonds is 2. The Bertz CT molecular complexity index is 837. The maximum atomic E-state index is 14.3. The van der Waals surface area contributed by atoms with E-state index in [2.05, 4.69) is 15.9 Å². The van der Waals surface area contributed by atoms with Crippen LogP contribution < -0.4 is 4.90 Å². The Balaban J connectivity index is 1.70. The summed E-state index contributed by atoms with van der Waals surface area (Å²) in [5, 5.41) is 8.99. The van der Waals surface area contributed by atoms with Crippen LogP contribution in [0.3, 0.4) is 0 Å². The number of carbonyl (C=O) groups is 1. The highest BCUT2D eigenvalue weighted by atomic mass is 79.9. The molecule has 0 spiro atoms. The van der Waals surface area contributed by atoms with Crippen molar-refractivity contribution in [2.24, 2.45) is 0 Å². The van der Waals surface area contributed by atoms with Crippen molar-refractivity contribution >= 4 is 27.5 Å². The third-order valence-corrected chi connectivity index (χ3v) is 4.94. The molecule has 1 aliphatic rings. The van der Waals surface area contributed by atoms with Crippen LogP contribution in [0.2, 0.25) is 0 Å². The molecule has 4 nitrogen and oxygen atoms in total. The zero-order valence-corrected chi connectivity index (χ0v) is 15.4. The van der Waals surface area contributed by atoms with Gasteiger partial charge in [-0.1, -0.05) is 15.9 Å². The van der Waals surface area contributed by atoms with E-state index in [9.17, 15) is 9.18 Å². The van der Waals surface area contributed by atoms with Crippen LogP contribution >= 0.6 is 15.9 Å². The molecule has 3 rings (SSSR count). The summed E-state index contributed by atoms with van der Waals surface area (Å²) in [7, 11) is 0. The fourth-order valence-corrected chi connectivity index (χ4v) is 3.22. The molecule has 0 atom stereocenters. The van der Waals surface area contributed by atoms with E-state index in [1.165, 1.54) is 6.07 Å². The number of carbonyl (C=O) groups excluding carboxylic acids is 1. The fraction of sp³-hybridized carbons (Fsp3) is 0.263. The molecular formula is C19H17BrFN3O. The Morgan fingerprint density at radius 2 is 1.80 bits per heavy atom. The lowest BCUT2D eigenvalue weighted by atomic mass is 10.1. The molecule has 2 aromatic carbocycles. The van der Waals surface area contributed by atoms with Crippen molar-refractivity contribution in [1.29, 1.82) is 5.26 Å². The van der Waals surface area contributed by atoms with Crippen molar-refractivity contribution in [3.63, 3.8) is 0 Å². The smallest absolute Gasteiger partial charge is 0.253 e. The molecule has 0 bridgehead atoms. The highest BCUT2D eigenvalue weighted by Gasteiger charge is 2.24. The van der Waals surface area contributed by atoms with Crippen LogP contribution in [0.15, 0.2) is 40.9 Å². The first-order chi connectivity index (χ1) is 12.0. The predicted molar refractivity (Wildman–Crippen MR) is 98.1 cm³/mol. The molecule has 0 saturated carbocycles.